The maximum Gasteiger partial charge on any atom is 0.0594 e. The van der Waals surface area contributed by atoms with Crippen LogP contribution in [-0.4, -0.2) is 11.2 Å². The molecule has 0 aromatic heterocycles. The number of aliphatic hydroxyl groups is 1. The van der Waals surface area contributed by atoms with Gasteiger partial charge >= 0.3 is 0 Å². The topological polar surface area (TPSA) is 20.2 Å². The second-order valence-corrected chi connectivity index (χ2v) is 15.3. The van der Waals surface area contributed by atoms with Crippen molar-refractivity contribution in [2.75, 3.05) is 0 Å². The number of aliphatic hydroxyl groups excluding tert-OH is 1. The van der Waals surface area contributed by atoms with Crippen LogP contribution in [0, 0.1) is 56.2 Å². The van der Waals surface area contributed by atoms with E-state index in [4.69, 9.17) is 0 Å². The summed E-state index contributed by atoms with van der Waals surface area (Å²) in [5.74, 6) is 3.06. The first-order valence-electron chi connectivity index (χ1n) is 14.1. The number of hydrogen-bond donors (Lipinski definition) is 1. The number of rotatable bonds is 0. The summed E-state index contributed by atoms with van der Waals surface area (Å²) in [6.07, 6.45) is 14.4. The van der Waals surface area contributed by atoms with E-state index in [0.29, 0.717) is 33.0 Å². The van der Waals surface area contributed by atoms with E-state index in [2.05, 4.69) is 68.4 Å². The predicted octanol–water partition coefficient (Wildman–Crippen LogP) is 8.41. The van der Waals surface area contributed by atoms with Gasteiger partial charge in [0.2, 0.25) is 0 Å². The molecule has 0 radical (unpaired) electrons. The summed E-state index contributed by atoms with van der Waals surface area (Å²) in [6, 6.07) is 0. The molecule has 1 heteroatoms. The van der Waals surface area contributed by atoms with Crippen molar-refractivity contribution in [3.05, 3.63) is 11.6 Å². The van der Waals surface area contributed by atoms with Crippen molar-refractivity contribution in [1.29, 1.82) is 0 Å². The summed E-state index contributed by atoms with van der Waals surface area (Å²) in [5.41, 5.74) is 3.69. The van der Waals surface area contributed by atoms with Crippen molar-refractivity contribution in [2.24, 2.45) is 56.2 Å². The quantitative estimate of drug-likeness (QED) is 0.375. The van der Waals surface area contributed by atoms with E-state index < -0.39 is 0 Å². The van der Waals surface area contributed by atoms with Crippen LogP contribution in [-0.2, 0) is 0 Å². The highest BCUT2D eigenvalue weighted by atomic mass is 16.3. The minimum Gasteiger partial charge on any atom is -0.393 e. The van der Waals surface area contributed by atoms with Gasteiger partial charge in [-0.15, -0.1) is 0 Å². The molecular weight excluding hydrogens is 388 g/mol. The van der Waals surface area contributed by atoms with Crippen molar-refractivity contribution in [3.8, 4) is 0 Å². The Morgan fingerprint density at radius 1 is 0.781 bits per heavy atom. The monoisotopic (exact) mass is 440 g/mol. The Bertz CT molecular complexity index is 824. The van der Waals surface area contributed by atoms with E-state index in [1.807, 2.05) is 5.57 Å². The van der Waals surface area contributed by atoms with Gasteiger partial charge in [-0.2, -0.15) is 0 Å². The summed E-state index contributed by atoms with van der Waals surface area (Å²) >= 11 is 0. The molecule has 0 amide bonds. The van der Waals surface area contributed by atoms with Crippen LogP contribution in [0.5, 0.6) is 0 Å². The first kappa shape index (κ1) is 23.4. The zero-order valence-electron chi connectivity index (χ0n) is 22.8. The molecule has 0 aromatic rings. The van der Waals surface area contributed by atoms with Gasteiger partial charge in [-0.25, -0.2) is 0 Å². The fourth-order valence-electron chi connectivity index (χ4n) is 11.2. The van der Waals surface area contributed by atoms with Crippen LogP contribution in [0.15, 0.2) is 11.6 Å². The minimum atomic E-state index is -0.140. The molecule has 0 spiro atoms. The summed E-state index contributed by atoms with van der Waals surface area (Å²) in [5, 5.41) is 11.0. The lowest BCUT2D eigenvalue weighted by molar-refractivity contribution is -0.249. The first-order chi connectivity index (χ1) is 14.7. The molecule has 5 rings (SSSR count). The normalized spacial score (nSPS) is 59.2. The highest BCUT2D eigenvalue weighted by molar-refractivity contribution is 5.36. The van der Waals surface area contributed by atoms with Crippen LogP contribution in [0.25, 0.3) is 0 Å². The molecule has 10 atom stereocenters. The lowest BCUT2D eigenvalue weighted by Gasteiger charge is -2.75. The van der Waals surface area contributed by atoms with Gasteiger partial charge in [-0.3, -0.25) is 0 Å². The van der Waals surface area contributed by atoms with Gasteiger partial charge in [-0.1, -0.05) is 74.0 Å². The Morgan fingerprint density at radius 3 is 2.16 bits per heavy atom. The molecule has 0 saturated heterocycles. The molecule has 5 aliphatic rings. The highest BCUT2D eigenvalue weighted by Crippen LogP contribution is 2.79. The number of hydrogen-bond acceptors (Lipinski definition) is 1. The molecule has 1 nitrogen and oxygen atoms in total. The van der Waals surface area contributed by atoms with E-state index >= 15 is 0 Å². The summed E-state index contributed by atoms with van der Waals surface area (Å²) in [6.45, 7) is 23.2. The third-order valence-corrected chi connectivity index (χ3v) is 14.3. The van der Waals surface area contributed by atoms with Crippen molar-refractivity contribution < 1.29 is 5.11 Å². The molecule has 0 aliphatic heterocycles. The molecule has 182 valence electrons. The Labute approximate surface area is 199 Å². The SMILES string of the molecule is C[C@H]1[C@H](C)CC[C@]2(C)CC[C@]3(C)C(=CC[C@@]4(C)[C@@]3(C)CC[C@H]3C(C)(C)[C@@H](O)CC[C@@]34C)[C@H]12. The minimum absolute atomic E-state index is 0.0285. The Hall–Kier alpha value is -0.300. The molecule has 1 N–H and O–H groups in total. The van der Waals surface area contributed by atoms with E-state index in [9.17, 15) is 5.11 Å². The van der Waals surface area contributed by atoms with Gasteiger partial charge < -0.3 is 5.11 Å². The number of allylic oxidation sites excluding steroid dienone is 2. The van der Waals surface area contributed by atoms with Gasteiger partial charge in [0.1, 0.15) is 0 Å². The standard InChI is InChI=1S/C31H52O/c1-20-10-14-27(5)18-19-28(6)22(25(27)21(20)2)11-16-31(9)29(7)15-13-24(32)26(3,4)23(29)12-17-30(28,31)8/h11,20-21,23-25,32H,10,12-19H2,1-9H3/t20-,21+,23+,24+,25+,27-,28-,29+,30+,31-/m1/s1. The molecule has 0 bridgehead atoms. The zero-order valence-corrected chi connectivity index (χ0v) is 22.8. The van der Waals surface area contributed by atoms with E-state index in [-0.39, 0.29) is 11.5 Å². The van der Waals surface area contributed by atoms with Crippen molar-refractivity contribution in [3.63, 3.8) is 0 Å². The second-order valence-electron chi connectivity index (χ2n) is 15.3. The molecule has 0 heterocycles. The lowest BCUT2D eigenvalue weighted by Crippen LogP contribution is -2.69. The van der Waals surface area contributed by atoms with Crippen LogP contribution in [0.1, 0.15) is 120 Å². The Morgan fingerprint density at radius 2 is 1.47 bits per heavy atom. The molecule has 5 aliphatic carbocycles. The van der Waals surface area contributed by atoms with Crippen LogP contribution in [0.4, 0.5) is 0 Å². The molecule has 0 aromatic carbocycles. The largest absolute Gasteiger partial charge is 0.393 e. The van der Waals surface area contributed by atoms with Crippen molar-refractivity contribution >= 4 is 0 Å². The van der Waals surface area contributed by atoms with E-state index in [1.54, 1.807) is 0 Å². The molecule has 0 unspecified atom stereocenters. The van der Waals surface area contributed by atoms with Crippen LogP contribution < -0.4 is 0 Å². The van der Waals surface area contributed by atoms with Gasteiger partial charge in [-0.05, 0) is 114 Å². The fraction of sp³-hybridized carbons (Fsp3) is 0.935. The fourth-order valence-corrected chi connectivity index (χ4v) is 11.2. The third kappa shape index (κ3) is 2.46. The average molecular weight is 441 g/mol. The van der Waals surface area contributed by atoms with Gasteiger partial charge in [0.05, 0.1) is 6.10 Å². The average Bonchev–Trinajstić information content (AvgIpc) is 2.72. The van der Waals surface area contributed by atoms with Crippen LogP contribution >= 0.6 is 0 Å². The van der Waals surface area contributed by atoms with Gasteiger partial charge in [0.15, 0.2) is 0 Å². The highest BCUT2D eigenvalue weighted by Gasteiger charge is 2.72. The van der Waals surface area contributed by atoms with Crippen molar-refractivity contribution in [1.82, 2.24) is 0 Å². The molecule has 32 heavy (non-hydrogen) atoms. The third-order valence-electron chi connectivity index (χ3n) is 14.3. The molecular formula is C31H52O. The predicted molar refractivity (Wildman–Crippen MR) is 135 cm³/mol. The lowest BCUT2D eigenvalue weighted by atomic mass is 9.29. The Balaban J connectivity index is 1.64. The smallest absolute Gasteiger partial charge is 0.0594 e. The first-order valence-corrected chi connectivity index (χ1v) is 14.1. The Kier molecular flexibility index (Phi) is 4.89. The maximum atomic E-state index is 11.0. The van der Waals surface area contributed by atoms with Crippen LogP contribution in [0.3, 0.4) is 0 Å². The molecule has 4 saturated carbocycles. The van der Waals surface area contributed by atoms with E-state index in [1.165, 1.54) is 51.4 Å². The number of fused-ring (bicyclic) bond motifs is 7. The van der Waals surface area contributed by atoms with Crippen LogP contribution in [0.2, 0.25) is 0 Å². The zero-order chi connectivity index (χ0) is 23.5. The summed E-state index contributed by atoms with van der Waals surface area (Å²) in [7, 11) is 0. The van der Waals surface area contributed by atoms with Crippen molar-refractivity contribution in [2.45, 2.75) is 126 Å². The summed E-state index contributed by atoms with van der Waals surface area (Å²) < 4.78 is 0. The summed E-state index contributed by atoms with van der Waals surface area (Å²) in [4.78, 5) is 0. The van der Waals surface area contributed by atoms with Gasteiger partial charge in [0, 0.05) is 0 Å². The maximum absolute atomic E-state index is 11.0. The molecule has 4 fully saturated rings. The van der Waals surface area contributed by atoms with E-state index in [0.717, 1.165) is 24.2 Å². The second kappa shape index (κ2) is 6.67. The van der Waals surface area contributed by atoms with Gasteiger partial charge in [0.25, 0.3) is 0 Å².